The summed E-state index contributed by atoms with van der Waals surface area (Å²) in [7, 11) is 3.22. The zero-order valence-corrected chi connectivity index (χ0v) is 13.6. The predicted octanol–water partition coefficient (Wildman–Crippen LogP) is 1.28. The monoisotopic (exact) mass is 307 g/mol. The van der Waals surface area contributed by atoms with Crippen molar-refractivity contribution < 1.29 is 14.3 Å². The summed E-state index contributed by atoms with van der Waals surface area (Å²) < 4.78 is 10.5. The lowest BCUT2D eigenvalue weighted by atomic mass is 10.2. The van der Waals surface area contributed by atoms with E-state index in [9.17, 15) is 4.79 Å². The van der Waals surface area contributed by atoms with Gasteiger partial charge >= 0.3 is 0 Å². The number of rotatable bonds is 6. The Morgan fingerprint density at radius 1 is 1.18 bits per heavy atom. The van der Waals surface area contributed by atoms with Crippen LogP contribution >= 0.6 is 0 Å². The molecule has 0 spiro atoms. The number of hydrogen-bond acceptors (Lipinski definition) is 5. The zero-order valence-electron chi connectivity index (χ0n) is 13.6. The van der Waals surface area contributed by atoms with Crippen molar-refractivity contribution in [3.63, 3.8) is 0 Å². The Kier molecular flexibility index (Phi) is 5.89. The minimum atomic E-state index is 0.119. The molecular weight excluding hydrogens is 282 g/mol. The number of benzene rings is 1. The van der Waals surface area contributed by atoms with Gasteiger partial charge in [-0.1, -0.05) is 6.92 Å². The molecule has 1 heterocycles. The van der Waals surface area contributed by atoms with Crippen molar-refractivity contribution in [3.05, 3.63) is 18.2 Å². The average molecular weight is 307 g/mol. The van der Waals surface area contributed by atoms with Gasteiger partial charge in [-0.3, -0.25) is 4.79 Å². The normalized spacial score (nSPS) is 15.5. The molecule has 122 valence electrons. The molecule has 0 unspecified atom stereocenters. The fraction of sp³-hybridized carbons (Fsp3) is 0.562. The molecule has 0 aromatic heterocycles. The minimum absolute atomic E-state index is 0.119. The molecule has 1 aliphatic rings. The van der Waals surface area contributed by atoms with E-state index in [4.69, 9.17) is 9.47 Å². The summed E-state index contributed by atoms with van der Waals surface area (Å²) in [5.74, 6) is 1.51. The van der Waals surface area contributed by atoms with E-state index in [-0.39, 0.29) is 12.5 Å². The lowest BCUT2D eigenvalue weighted by Crippen LogP contribution is -2.49. The number of piperazine rings is 1. The van der Waals surface area contributed by atoms with Gasteiger partial charge in [0.2, 0.25) is 5.91 Å². The van der Waals surface area contributed by atoms with Crippen LogP contribution in [-0.2, 0) is 4.79 Å². The summed E-state index contributed by atoms with van der Waals surface area (Å²) in [4.78, 5) is 16.5. The molecule has 6 nitrogen and oxygen atoms in total. The van der Waals surface area contributed by atoms with Gasteiger partial charge in [0, 0.05) is 32.2 Å². The smallest absolute Gasteiger partial charge is 0.241 e. The number of nitrogens with one attached hydrogen (secondary N) is 1. The average Bonchev–Trinajstić information content (AvgIpc) is 2.59. The number of carbonyl (C=O) groups is 1. The highest BCUT2D eigenvalue weighted by Crippen LogP contribution is 2.28. The fourth-order valence-electron chi connectivity index (χ4n) is 2.54. The third kappa shape index (κ3) is 4.04. The van der Waals surface area contributed by atoms with E-state index >= 15 is 0 Å². The molecule has 1 amide bonds. The molecule has 1 aromatic rings. The number of ether oxygens (including phenoxy) is 2. The number of hydrogen-bond donors (Lipinski definition) is 1. The second kappa shape index (κ2) is 7.89. The third-order valence-electron chi connectivity index (χ3n) is 4.01. The lowest BCUT2D eigenvalue weighted by molar-refractivity contribution is -0.131. The fourth-order valence-corrected chi connectivity index (χ4v) is 2.54. The number of likely N-dealkylation sites (N-methyl/N-ethyl adjacent to an activating group) is 1. The first kappa shape index (κ1) is 16.4. The summed E-state index contributed by atoms with van der Waals surface area (Å²) in [6.45, 7) is 6.97. The number of nitrogens with zero attached hydrogens (tertiary/aromatic N) is 2. The number of anilines is 1. The van der Waals surface area contributed by atoms with Crippen LogP contribution in [0.2, 0.25) is 0 Å². The van der Waals surface area contributed by atoms with E-state index in [2.05, 4.69) is 17.1 Å². The molecular formula is C16H25N3O3. The van der Waals surface area contributed by atoms with Crippen molar-refractivity contribution in [2.45, 2.75) is 6.92 Å². The van der Waals surface area contributed by atoms with E-state index in [1.807, 2.05) is 17.0 Å². The van der Waals surface area contributed by atoms with Gasteiger partial charge in [-0.05, 0) is 18.7 Å². The molecule has 0 bridgehead atoms. The minimum Gasteiger partial charge on any atom is -0.497 e. The molecule has 22 heavy (non-hydrogen) atoms. The Morgan fingerprint density at radius 3 is 2.50 bits per heavy atom. The van der Waals surface area contributed by atoms with E-state index in [0.717, 1.165) is 44.2 Å². The van der Waals surface area contributed by atoms with Gasteiger partial charge < -0.3 is 24.6 Å². The van der Waals surface area contributed by atoms with Gasteiger partial charge in [-0.25, -0.2) is 0 Å². The van der Waals surface area contributed by atoms with Crippen LogP contribution in [0.4, 0.5) is 5.69 Å². The summed E-state index contributed by atoms with van der Waals surface area (Å²) in [6, 6.07) is 5.50. The first-order valence-electron chi connectivity index (χ1n) is 7.64. The van der Waals surface area contributed by atoms with Crippen LogP contribution in [0.1, 0.15) is 6.92 Å². The Labute approximate surface area is 132 Å². The van der Waals surface area contributed by atoms with E-state index in [1.54, 1.807) is 20.3 Å². The van der Waals surface area contributed by atoms with Gasteiger partial charge in [-0.15, -0.1) is 0 Å². The lowest BCUT2D eigenvalue weighted by Gasteiger charge is -2.34. The maximum absolute atomic E-state index is 12.3. The van der Waals surface area contributed by atoms with Crippen LogP contribution in [0.5, 0.6) is 11.5 Å². The molecule has 0 aliphatic carbocycles. The van der Waals surface area contributed by atoms with Crippen LogP contribution in [0.3, 0.4) is 0 Å². The third-order valence-corrected chi connectivity index (χ3v) is 4.01. The van der Waals surface area contributed by atoms with E-state index in [0.29, 0.717) is 5.75 Å². The molecule has 2 rings (SSSR count). The van der Waals surface area contributed by atoms with Crippen LogP contribution in [0, 0.1) is 0 Å². The van der Waals surface area contributed by atoms with Crippen LogP contribution < -0.4 is 14.8 Å². The number of amides is 1. The van der Waals surface area contributed by atoms with Crippen molar-refractivity contribution in [1.29, 1.82) is 0 Å². The second-order valence-electron chi connectivity index (χ2n) is 5.23. The van der Waals surface area contributed by atoms with Gasteiger partial charge in [0.1, 0.15) is 11.5 Å². The Morgan fingerprint density at radius 2 is 1.91 bits per heavy atom. The molecule has 0 atom stereocenters. The highest BCUT2D eigenvalue weighted by Gasteiger charge is 2.20. The highest BCUT2D eigenvalue weighted by molar-refractivity contribution is 5.81. The van der Waals surface area contributed by atoms with Crippen LogP contribution in [0.25, 0.3) is 0 Å². The Bertz CT molecular complexity index is 499. The maximum atomic E-state index is 12.3. The molecule has 1 aromatic carbocycles. The molecule has 1 saturated heterocycles. The van der Waals surface area contributed by atoms with E-state index in [1.165, 1.54) is 0 Å². The highest BCUT2D eigenvalue weighted by atomic mass is 16.5. The molecule has 1 fully saturated rings. The quantitative estimate of drug-likeness (QED) is 0.858. The molecule has 1 N–H and O–H groups in total. The summed E-state index contributed by atoms with van der Waals surface area (Å²) in [5.41, 5.74) is 0.795. The predicted molar refractivity (Wildman–Crippen MR) is 86.7 cm³/mol. The standard InChI is InChI=1S/C16H25N3O3/c1-4-18-7-9-19(10-8-18)16(20)12-17-14-6-5-13(21-2)11-15(14)22-3/h5-6,11,17H,4,7-10,12H2,1-3H3. The molecule has 0 radical (unpaired) electrons. The zero-order chi connectivity index (χ0) is 15.9. The van der Waals surface area contributed by atoms with Gasteiger partial charge in [0.05, 0.1) is 26.5 Å². The first-order valence-corrected chi connectivity index (χ1v) is 7.64. The summed E-state index contributed by atoms with van der Waals surface area (Å²) in [5, 5.41) is 3.15. The van der Waals surface area contributed by atoms with Gasteiger partial charge in [0.15, 0.2) is 0 Å². The number of methoxy groups -OCH3 is 2. The SMILES string of the molecule is CCN1CCN(C(=O)CNc2ccc(OC)cc2OC)CC1. The summed E-state index contributed by atoms with van der Waals surface area (Å²) >= 11 is 0. The topological polar surface area (TPSA) is 54.0 Å². The van der Waals surface area contributed by atoms with Gasteiger partial charge in [-0.2, -0.15) is 0 Å². The first-order chi connectivity index (χ1) is 10.7. The Hall–Kier alpha value is -1.95. The maximum Gasteiger partial charge on any atom is 0.241 e. The molecule has 1 aliphatic heterocycles. The Balaban J connectivity index is 1.88. The van der Waals surface area contributed by atoms with Crippen molar-refractivity contribution in [2.75, 3.05) is 58.8 Å². The van der Waals surface area contributed by atoms with E-state index < -0.39 is 0 Å². The van der Waals surface area contributed by atoms with Crippen LogP contribution in [-0.4, -0.2) is 69.2 Å². The number of carbonyl (C=O) groups excluding carboxylic acids is 1. The van der Waals surface area contributed by atoms with Crippen molar-refractivity contribution in [3.8, 4) is 11.5 Å². The van der Waals surface area contributed by atoms with Crippen molar-refractivity contribution >= 4 is 11.6 Å². The summed E-state index contributed by atoms with van der Waals surface area (Å²) in [6.07, 6.45) is 0. The van der Waals surface area contributed by atoms with Crippen molar-refractivity contribution in [2.24, 2.45) is 0 Å². The largest absolute Gasteiger partial charge is 0.497 e. The van der Waals surface area contributed by atoms with Crippen LogP contribution in [0.15, 0.2) is 18.2 Å². The molecule has 6 heteroatoms. The van der Waals surface area contributed by atoms with Crippen molar-refractivity contribution in [1.82, 2.24) is 9.80 Å². The second-order valence-corrected chi connectivity index (χ2v) is 5.23. The molecule has 0 saturated carbocycles. The van der Waals surface area contributed by atoms with Gasteiger partial charge in [0.25, 0.3) is 0 Å².